The van der Waals surface area contributed by atoms with Gasteiger partial charge < -0.3 is 19.7 Å². The molecule has 0 amide bonds. The van der Waals surface area contributed by atoms with Gasteiger partial charge in [-0.1, -0.05) is 31.2 Å². The van der Waals surface area contributed by atoms with Crippen LogP contribution >= 0.6 is 11.8 Å². The van der Waals surface area contributed by atoms with Crippen molar-refractivity contribution in [2.24, 2.45) is 5.92 Å². The fraction of sp³-hybridized carbons (Fsp3) is 0.357. The number of nitrogens with zero attached hydrogens (tertiary/aromatic N) is 1. The fourth-order valence-electron chi connectivity index (χ4n) is 4.76. The van der Waals surface area contributed by atoms with Crippen molar-refractivity contribution >= 4 is 11.8 Å². The summed E-state index contributed by atoms with van der Waals surface area (Å²) < 4.78 is 12.5. The molecule has 2 N–H and O–H groups in total. The third-order valence-corrected chi connectivity index (χ3v) is 8.41. The molecule has 1 fully saturated rings. The smallest absolute Gasteiger partial charge is 0.140 e. The molecule has 178 valence electrons. The molecule has 0 aliphatic carbocycles. The first-order valence-electron chi connectivity index (χ1n) is 11.9. The normalized spacial score (nSPS) is 24.4. The van der Waals surface area contributed by atoms with Crippen molar-refractivity contribution in [3.63, 3.8) is 0 Å². The van der Waals surface area contributed by atoms with E-state index < -0.39 is 0 Å². The summed E-state index contributed by atoms with van der Waals surface area (Å²) in [7, 11) is 0. The molecule has 5 rings (SSSR count). The second-order valence-corrected chi connectivity index (χ2v) is 10.4. The molecule has 0 unspecified atom stereocenters. The van der Waals surface area contributed by atoms with Crippen molar-refractivity contribution in [1.82, 2.24) is 4.90 Å². The number of ether oxygens (including phenoxy) is 2. The lowest BCUT2D eigenvalue weighted by Crippen LogP contribution is -2.33. The summed E-state index contributed by atoms with van der Waals surface area (Å²) in [5.74, 6) is 2.83. The predicted octanol–water partition coefficient (Wildman–Crippen LogP) is 6.17. The predicted molar refractivity (Wildman–Crippen MR) is 135 cm³/mol. The lowest BCUT2D eigenvalue weighted by molar-refractivity contribution is 0.189. The molecule has 0 radical (unpaired) electrons. The minimum absolute atomic E-state index is 0.0275. The molecule has 5 nitrogen and oxygen atoms in total. The first-order valence-corrected chi connectivity index (χ1v) is 12.8. The molecule has 6 heteroatoms. The second-order valence-electron chi connectivity index (χ2n) is 9.26. The maximum absolute atomic E-state index is 9.94. The Hall–Kier alpha value is -2.83. The number of phenols is 2. The molecule has 0 saturated carbocycles. The van der Waals surface area contributed by atoms with Gasteiger partial charge in [0.1, 0.15) is 35.7 Å². The summed E-state index contributed by atoms with van der Waals surface area (Å²) in [5.41, 5.74) is 2.11. The summed E-state index contributed by atoms with van der Waals surface area (Å²) >= 11 is 1.66. The standard InChI is InChI=1S/C28H31NO4S/c1-18-13-14-29(19(18)2)15-16-32-24-10-5-20(6-11-24)27-28(21-3-7-22(30)8-4-21)34-26-17-23(31)9-12-25(26)33-27/h3-12,17-19,27-28,30-31H,13-16H2,1-2H3/t18-,19+,27+,28-/m1/s1. The minimum Gasteiger partial charge on any atom is -0.508 e. The monoisotopic (exact) mass is 477 g/mol. The van der Waals surface area contributed by atoms with Gasteiger partial charge in [-0.25, -0.2) is 0 Å². The summed E-state index contributed by atoms with van der Waals surface area (Å²) in [6, 6.07) is 21.2. The van der Waals surface area contributed by atoms with Crippen LogP contribution in [-0.2, 0) is 0 Å². The molecule has 2 heterocycles. The molecule has 1 saturated heterocycles. The molecule has 0 bridgehead atoms. The van der Waals surface area contributed by atoms with Crippen molar-refractivity contribution < 1.29 is 19.7 Å². The molecule has 2 aliphatic rings. The quantitative estimate of drug-likeness (QED) is 0.442. The van der Waals surface area contributed by atoms with Crippen LogP contribution in [-0.4, -0.2) is 40.9 Å². The van der Waals surface area contributed by atoms with Crippen LogP contribution in [0.2, 0.25) is 0 Å². The van der Waals surface area contributed by atoms with Crippen LogP contribution in [0.15, 0.2) is 71.6 Å². The van der Waals surface area contributed by atoms with Gasteiger partial charge in [0, 0.05) is 12.6 Å². The zero-order valence-corrected chi connectivity index (χ0v) is 20.4. The Kier molecular flexibility index (Phi) is 6.61. The van der Waals surface area contributed by atoms with E-state index in [1.807, 2.05) is 30.3 Å². The van der Waals surface area contributed by atoms with Crippen LogP contribution in [0.1, 0.15) is 42.7 Å². The van der Waals surface area contributed by atoms with Gasteiger partial charge in [0.15, 0.2) is 0 Å². The summed E-state index contributed by atoms with van der Waals surface area (Å²) in [6.45, 7) is 7.40. The van der Waals surface area contributed by atoms with Gasteiger partial charge in [-0.3, -0.25) is 4.90 Å². The van der Waals surface area contributed by atoms with E-state index >= 15 is 0 Å². The maximum atomic E-state index is 9.94. The highest BCUT2D eigenvalue weighted by Crippen LogP contribution is 2.54. The van der Waals surface area contributed by atoms with Crippen molar-refractivity contribution in [3.8, 4) is 23.0 Å². The van der Waals surface area contributed by atoms with Crippen LogP contribution in [0.3, 0.4) is 0 Å². The van der Waals surface area contributed by atoms with E-state index in [0.717, 1.165) is 46.5 Å². The Morgan fingerprint density at radius 2 is 1.65 bits per heavy atom. The Morgan fingerprint density at radius 1 is 0.941 bits per heavy atom. The minimum atomic E-state index is -0.215. The molecular formula is C28H31NO4S. The van der Waals surface area contributed by atoms with Crippen LogP contribution < -0.4 is 9.47 Å². The summed E-state index contributed by atoms with van der Waals surface area (Å²) in [4.78, 5) is 3.41. The summed E-state index contributed by atoms with van der Waals surface area (Å²) in [5, 5.41) is 19.7. The van der Waals surface area contributed by atoms with Gasteiger partial charge in [0.25, 0.3) is 0 Å². The zero-order chi connectivity index (χ0) is 23.7. The first-order chi connectivity index (χ1) is 16.5. The van der Waals surface area contributed by atoms with Crippen LogP contribution in [0.5, 0.6) is 23.0 Å². The van der Waals surface area contributed by atoms with E-state index in [9.17, 15) is 10.2 Å². The molecule has 0 spiro atoms. The topological polar surface area (TPSA) is 62.2 Å². The molecule has 2 aliphatic heterocycles. The van der Waals surface area contributed by atoms with Gasteiger partial charge in [-0.05, 0) is 79.4 Å². The highest BCUT2D eigenvalue weighted by molar-refractivity contribution is 7.99. The van der Waals surface area contributed by atoms with Crippen molar-refractivity contribution in [2.75, 3.05) is 19.7 Å². The SMILES string of the molecule is C[C@@H]1CCN(CCOc2ccc([C@@H]3Oc4ccc(O)cc4S[C@@H]3c3ccc(O)cc3)cc2)[C@H]1C. The van der Waals surface area contributed by atoms with Crippen LogP contribution in [0, 0.1) is 5.92 Å². The van der Waals surface area contributed by atoms with E-state index in [-0.39, 0.29) is 22.9 Å². The number of benzene rings is 3. The lowest BCUT2D eigenvalue weighted by Gasteiger charge is -2.34. The van der Waals surface area contributed by atoms with Crippen LogP contribution in [0.4, 0.5) is 0 Å². The van der Waals surface area contributed by atoms with E-state index in [4.69, 9.17) is 9.47 Å². The van der Waals surface area contributed by atoms with Crippen LogP contribution in [0.25, 0.3) is 0 Å². The van der Waals surface area contributed by atoms with E-state index in [0.29, 0.717) is 12.6 Å². The highest BCUT2D eigenvalue weighted by atomic mass is 32.2. The average molecular weight is 478 g/mol. The van der Waals surface area contributed by atoms with Gasteiger partial charge >= 0.3 is 0 Å². The van der Waals surface area contributed by atoms with Crippen molar-refractivity contribution in [2.45, 2.75) is 42.6 Å². The molecule has 34 heavy (non-hydrogen) atoms. The number of phenolic OH excluding ortho intramolecular Hbond substituents is 2. The van der Waals surface area contributed by atoms with Crippen molar-refractivity contribution in [1.29, 1.82) is 0 Å². The Balaban J connectivity index is 1.32. The average Bonchev–Trinajstić information content (AvgIpc) is 3.16. The number of thioether (sulfide) groups is 1. The number of aromatic hydroxyl groups is 2. The van der Waals surface area contributed by atoms with Crippen molar-refractivity contribution in [3.05, 3.63) is 77.9 Å². The van der Waals surface area contributed by atoms with Gasteiger partial charge in [-0.15, -0.1) is 11.8 Å². The zero-order valence-electron chi connectivity index (χ0n) is 19.6. The Morgan fingerprint density at radius 3 is 2.35 bits per heavy atom. The fourth-order valence-corrected chi connectivity index (χ4v) is 6.08. The number of rotatable bonds is 6. The molecule has 4 atom stereocenters. The second kappa shape index (κ2) is 9.80. The van der Waals surface area contributed by atoms with E-state index in [1.54, 1.807) is 36.0 Å². The number of fused-ring (bicyclic) bond motifs is 1. The molecular weight excluding hydrogens is 446 g/mol. The number of likely N-dealkylation sites (tertiary alicyclic amines) is 1. The van der Waals surface area contributed by atoms with Gasteiger partial charge in [0.05, 0.1) is 10.1 Å². The van der Waals surface area contributed by atoms with Gasteiger partial charge in [0.2, 0.25) is 0 Å². The molecule has 3 aromatic carbocycles. The lowest BCUT2D eigenvalue weighted by atomic mass is 10.00. The Labute approximate surface area is 205 Å². The Bertz CT molecular complexity index is 1120. The largest absolute Gasteiger partial charge is 0.508 e. The number of hydrogen-bond donors (Lipinski definition) is 2. The maximum Gasteiger partial charge on any atom is 0.140 e. The highest BCUT2D eigenvalue weighted by Gasteiger charge is 2.34. The molecule has 3 aromatic rings. The van der Waals surface area contributed by atoms with E-state index in [2.05, 4.69) is 30.9 Å². The third kappa shape index (κ3) is 4.84. The number of hydrogen-bond acceptors (Lipinski definition) is 6. The first kappa shape index (κ1) is 22.9. The van der Waals surface area contributed by atoms with E-state index in [1.165, 1.54) is 6.42 Å². The van der Waals surface area contributed by atoms with Gasteiger partial charge in [-0.2, -0.15) is 0 Å². The third-order valence-electron chi connectivity index (χ3n) is 7.06. The summed E-state index contributed by atoms with van der Waals surface area (Å²) in [6.07, 6.45) is 1.05. The molecule has 0 aromatic heterocycles.